The molecule has 7 atom stereocenters. The molecule has 0 aliphatic heterocycles. The van der Waals surface area contributed by atoms with Crippen LogP contribution >= 0.6 is 0 Å². The highest BCUT2D eigenvalue weighted by molar-refractivity contribution is 5.98. The van der Waals surface area contributed by atoms with E-state index < -0.39 is 108 Å². The summed E-state index contributed by atoms with van der Waals surface area (Å²) in [6.45, 7) is 10.3. The van der Waals surface area contributed by atoms with Gasteiger partial charge in [0.1, 0.15) is 36.3 Å². The van der Waals surface area contributed by atoms with E-state index in [0.717, 1.165) is 21.8 Å². The summed E-state index contributed by atoms with van der Waals surface area (Å²) in [4.78, 5) is 132. The number of carbonyl (C=O) groups excluding carboxylic acids is 8. The molecule has 0 bridgehead atoms. The van der Waals surface area contributed by atoms with Crippen molar-refractivity contribution in [2.75, 3.05) is 13.1 Å². The molecule has 0 radical (unpaired) electrons. The zero-order valence-corrected chi connectivity index (χ0v) is 44.0. The number of aliphatic imine (C=N–C) groups is 1. The highest BCUT2D eigenvalue weighted by atomic mass is 16.4. The third-order valence-corrected chi connectivity index (χ3v) is 12.2. The number of H-pyrrole nitrogens is 2. The van der Waals surface area contributed by atoms with E-state index in [1.165, 1.54) is 0 Å². The molecule has 0 fully saturated rings. The van der Waals surface area contributed by atoms with Crippen LogP contribution in [-0.2, 0) is 56.0 Å². The van der Waals surface area contributed by atoms with Gasteiger partial charge in [0.25, 0.3) is 0 Å². The van der Waals surface area contributed by atoms with Gasteiger partial charge in [0.2, 0.25) is 47.3 Å². The first-order chi connectivity index (χ1) is 35.9. The minimum Gasteiger partial charge on any atom is -0.480 e. The van der Waals surface area contributed by atoms with Crippen LogP contribution in [0, 0.1) is 17.8 Å². The van der Waals surface area contributed by atoms with Gasteiger partial charge in [-0.25, -0.2) is 4.79 Å². The van der Waals surface area contributed by atoms with Crippen LogP contribution in [0.3, 0.4) is 0 Å². The van der Waals surface area contributed by atoms with Gasteiger partial charge in [-0.3, -0.25) is 43.3 Å². The van der Waals surface area contributed by atoms with E-state index >= 15 is 0 Å². The van der Waals surface area contributed by atoms with E-state index in [2.05, 4.69) is 52.2 Å². The second-order valence-corrected chi connectivity index (χ2v) is 20.2. The van der Waals surface area contributed by atoms with Gasteiger partial charge in [-0.05, 0) is 73.1 Å². The van der Waals surface area contributed by atoms with E-state index in [1.807, 2.05) is 52.0 Å². The van der Waals surface area contributed by atoms with Crippen molar-refractivity contribution in [3.63, 3.8) is 0 Å². The van der Waals surface area contributed by atoms with Crippen molar-refractivity contribution >= 4 is 81.0 Å². The Morgan fingerprint density at radius 2 is 1.00 bits per heavy atom. The number of aromatic nitrogens is 2. The number of aromatic amines is 2. The fourth-order valence-corrected chi connectivity index (χ4v) is 8.56. The molecule has 24 heteroatoms. The highest BCUT2D eigenvalue weighted by Gasteiger charge is 2.34. The number of guanidine groups is 1. The summed E-state index contributed by atoms with van der Waals surface area (Å²) in [6.07, 6.45) is 3.12. The number of amides is 8. The van der Waals surface area contributed by atoms with Crippen molar-refractivity contribution in [1.82, 2.24) is 47.2 Å². The van der Waals surface area contributed by atoms with E-state index in [0.29, 0.717) is 17.5 Å². The Labute approximate surface area is 441 Å². The summed E-state index contributed by atoms with van der Waals surface area (Å²) < 4.78 is 0. The molecular formula is C52H76N14O10. The van der Waals surface area contributed by atoms with Crippen LogP contribution in [-0.4, -0.2) is 130 Å². The first-order valence-electron chi connectivity index (χ1n) is 25.4. The molecule has 4 rings (SSSR count). The van der Waals surface area contributed by atoms with Crippen LogP contribution in [0.2, 0.25) is 0 Å². The number of hydrogen-bond donors (Lipinski definition) is 14. The summed E-state index contributed by atoms with van der Waals surface area (Å²) in [5, 5.41) is 29.7. The lowest BCUT2D eigenvalue weighted by Crippen LogP contribution is -2.59. The van der Waals surface area contributed by atoms with E-state index in [-0.39, 0.29) is 68.8 Å². The van der Waals surface area contributed by atoms with E-state index in [1.54, 1.807) is 50.5 Å². The summed E-state index contributed by atoms with van der Waals surface area (Å²) in [5.41, 5.74) is 25.4. The van der Waals surface area contributed by atoms with Gasteiger partial charge in [-0.2, -0.15) is 0 Å². The molecule has 2 aromatic carbocycles. The SMILES string of the molecule is CC(C)C[C@H](NC(=O)[C@H](Cc1c[nH]c2ccccc12)NC(=O)[C@H](CCCN=C(N)N)NC(=O)[C@H](Cc1c[nH]c2ccccc12)NC(=O)CNC(=O)[C@H](CC(N)=O)NC(=O)[C@H](CC(C)C)NC(=O)[C@@H](N)CC(C)C)C(=O)O. The van der Waals surface area contributed by atoms with Crippen molar-refractivity contribution in [2.24, 2.45) is 45.7 Å². The first-order valence-corrected chi connectivity index (χ1v) is 25.4. The van der Waals surface area contributed by atoms with Crippen LogP contribution in [0.1, 0.15) is 91.2 Å². The lowest BCUT2D eigenvalue weighted by atomic mass is 10.00. The molecule has 4 aromatic rings. The Morgan fingerprint density at radius 1 is 0.553 bits per heavy atom. The van der Waals surface area contributed by atoms with Crippen molar-refractivity contribution in [1.29, 1.82) is 0 Å². The molecule has 24 nitrogen and oxygen atoms in total. The number of rotatable bonds is 31. The fourth-order valence-electron chi connectivity index (χ4n) is 8.56. The average molecular weight is 1060 g/mol. The van der Waals surface area contributed by atoms with Gasteiger partial charge < -0.3 is 75.2 Å². The van der Waals surface area contributed by atoms with Gasteiger partial charge >= 0.3 is 5.97 Å². The van der Waals surface area contributed by atoms with Crippen molar-refractivity contribution in [2.45, 2.75) is 135 Å². The van der Waals surface area contributed by atoms with Crippen molar-refractivity contribution in [3.05, 3.63) is 72.1 Å². The maximum Gasteiger partial charge on any atom is 0.326 e. The van der Waals surface area contributed by atoms with Gasteiger partial charge in [0, 0.05) is 53.6 Å². The molecule has 0 saturated heterocycles. The van der Waals surface area contributed by atoms with Crippen LogP contribution in [0.15, 0.2) is 65.9 Å². The van der Waals surface area contributed by atoms with Crippen molar-refractivity contribution < 1.29 is 48.3 Å². The highest BCUT2D eigenvalue weighted by Crippen LogP contribution is 2.21. The number of primary amides is 1. The Bertz CT molecular complexity index is 2690. The summed E-state index contributed by atoms with van der Waals surface area (Å²) >= 11 is 0. The number of benzene rings is 2. The van der Waals surface area contributed by atoms with Crippen LogP contribution in [0.5, 0.6) is 0 Å². The summed E-state index contributed by atoms with van der Waals surface area (Å²) in [7, 11) is 0. The van der Waals surface area contributed by atoms with Crippen LogP contribution in [0.25, 0.3) is 21.8 Å². The fraction of sp³-hybridized carbons (Fsp3) is 0.500. The number of nitrogens with two attached hydrogens (primary N) is 4. The van der Waals surface area contributed by atoms with Gasteiger partial charge in [0.05, 0.1) is 19.0 Å². The first kappa shape index (κ1) is 60.5. The number of carboxylic acids is 1. The molecule has 8 amide bonds. The maximum atomic E-state index is 14.6. The number of nitrogens with zero attached hydrogens (tertiary/aromatic N) is 1. The Balaban J connectivity index is 1.61. The van der Waals surface area contributed by atoms with Gasteiger partial charge in [-0.1, -0.05) is 77.9 Å². The van der Waals surface area contributed by atoms with Gasteiger partial charge in [-0.15, -0.1) is 0 Å². The molecule has 2 aromatic heterocycles. The number of aliphatic carboxylic acids is 1. The largest absolute Gasteiger partial charge is 0.480 e. The Morgan fingerprint density at radius 3 is 1.51 bits per heavy atom. The standard InChI is InChI=1S/C52H76N14O10/c1-27(2)18-34(53)45(69)63-38(19-28(3)4)48(72)65-41(23-43(54)67)46(70)60-26-44(68)61-39(21-30-24-58-35-14-9-7-12-32(30)35)49(73)62-37(16-11-17-57-52(55)56)47(71)64-40(50(74)66-42(51(75)76)20-29(5)6)22-31-25-59-36-15-10-8-13-33(31)36/h7-10,12-15,24-25,27-29,34,37-42,58-59H,11,16-23,26,53H2,1-6H3,(H2,54,67)(H,60,70)(H,61,68)(H,62,73)(H,63,69)(H,64,71)(H,65,72)(H,66,74)(H,75,76)(H4,55,56,57)/t34-,37-,38-,39-,40-,41-,42-/m0/s1. The van der Waals surface area contributed by atoms with Gasteiger partial charge in [0.15, 0.2) is 5.96 Å². The predicted molar refractivity (Wildman–Crippen MR) is 286 cm³/mol. The molecule has 414 valence electrons. The number of nitrogens with one attached hydrogen (secondary N) is 9. The normalized spacial score (nSPS) is 14.1. The van der Waals surface area contributed by atoms with E-state index in [4.69, 9.17) is 22.9 Å². The quantitative estimate of drug-likeness (QED) is 0.0179. The molecule has 0 saturated carbocycles. The Hall–Kier alpha value is -8.02. The van der Waals surface area contributed by atoms with Crippen LogP contribution in [0.4, 0.5) is 0 Å². The van der Waals surface area contributed by atoms with Crippen molar-refractivity contribution in [3.8, 4) is 0 Å². The number of para-hydroxylation sites is 2. The summed E-state index contributed by atoms with van der Waals surface area (Å²) in [5.74, 6) is -8.25. The lowest BCUT2D eigenvalue weighted by molar-refractivity contribution is -0.142. The zero-order valence-electron chi connectivity index (χ0n) is 44.0. The molecule has 2 heterocycles. The smallest absolute Gasteiger partial charge is 0.326 e. The molecule has 76 heavy (non-hydrogen) atoms. The van der Waals surface area contributed by atoms with E-state index in [9.17, 15) is 48.3 Å². The minimum atomic E-state index is -1.58. The predicted octanol–water partition coefficient (Wildman–Crippen LogP) is -0.0614. The van der Waals surface area contributed by atoms with Crippen LogP contribution < -0.4 is 60.2 Å². The zero-order chi connectivity index (χ0) is 56.2. The molecule has 0 aliphatic rings. The maximum absolute atomic E-state index is 14.6. The third-order valence-electron chi connectivity index (χ3n) is 12.2. The number of carboxylic acid groups (broad SMARTS) is 1. The average Bonchev–Trinajstić information content (AvgIpc) is 3.95. The Kier molecular flexibility index (Phi) is 23.2. The molecular weight excluding hydrogens is 981 g/mol. The monoisotopic (exact) mass is 1060 g/mol. The molecule has 0 unspecified atom stereocenters. The minimum absolute atomic E-state index is 0.0443. The number of carbonyl (C=O) groups is 9. The second-order valence-electron chi connectivity index (χ2n) is 20.2. The number of hydrogen-bond acceptors (Lipinski definition) is 11. The lowest BCUT2D eigenvalue weighted by Gasteiger charge is -2.26. The third kappa shape index (κ3) is 19.4. The molecule has 0 aliphatic carbocycles. The molecule has 18 N–H and O–H groups in total. The summed E-state index contributed by atoms with van der Waals surface area (Å²) in [6, 6.07) is 5.43. The second kappa shape index (κ2) is 29.2. The number of fused-ring (bicyclic) bond motifs is 2. The topological polar surface area (TPSA) is 406 Å². The molecule has 0 spiro atoms.